The third-order valence-corrected chi connectivity index (χ3v) is 7.54. The Kier molecular flexibility index (Phi) is 7.35. The fourth-order valence-electron chi connectivity index (χ4n) is 3.33. The highest BCUT2D eigenvalue weighted by atomic mass is 35.5. The summed E-state index contributed by atoms with van der Waals surface area (Å²) in [6.45, 7) is 4.13. The summed E-state index contributed by atoms with van der Waals surface area (Å²) in [4.78, 5) is 24.9. The van der Waals surface area contributed by atoms with Gasteiger partial charge in [-0.25, -0.2) is 13.2 Å². The molecule has 3 rings (SSSR count). The Balaban J connectivity index is 1.69. The first-order valence-electron chi connectivity index (χ1n) is 10.1. The number of halogens is 1. The van der Waals surface area contributed by atoms with E-state index in [9.17, 15) is 18.0 Å². The number of hydrogen-bond acceptors (Lipinski definition) is 5. The van der Waals surface area contributed by atoms with Gasteiger partial charge >= 0.3 is 5.97 Å². The minimum Gasteiger partial charge on any atom is -0.449 e. The Bertz CT molecular complexity index is 1050. The fourth-order valence-corrected chi connectivity index (χ4v) is 5.35. The van der Waals surface area contributed by atoms with E-state index in [1.807, 2.05) is 37.3 Å². The fraction of sp³-hybridized carbons (Fsp3) is 0.364. The first-order chi connectivity index (χ1) is 14.7. The molecule has 2 unspecified atom stereocenters. The van der Waals surface area contributed by atoms with Crippen LogP contribution >= 0.6 is 11.6 Å². The molecule has 1 saturated heterocycles. The summed E-state index contributed by atoms with van der Waals surface area (Å²) in [6.07, 6.45) is 0.507. The lowest BCUT2D eigenvalue weighted by Crippen LogP contribution is -2.37. The van der Waals surface area contributed by atoms with Crippen LogP contribution in [0, 0.1) is 0 Å². The van der Waals surface area contributed by atoms with Crippen molar-refractivity contribution in [1.29, 1.82) is 0 Å². The molecule has 1 heterocycles. The van der Waals surface area contributed by atoms with Gasteiger partial charge in [-0.15, -0.1) is 0 Å². The average molecular weight is 465 g/mol. The summed E-state index contributed by atoms with van der Waals surface area (Å²) in [5, 5.41) is 2.83. The number of rotatable bonds is 7. The predicted molar refractivity (Wildman–Crippen MR) is 117 cm³/mol. The molecule has 1 aliphatic rings. The molecule has 0 bridgehead atoms. The van der Waals surface area contributed by atoms with Crippen molar-refractivity contribution in [3.63, 3.8) is 0 Å². The van der Waals surface area contributed by atoms with Gasteiger partial charge in [-0.3, -0.25) is 4.79 Å². The maximum atomic E-state index is 12.8. The van der Waals surface area contributed by atoms with E-state index in [1.54, 1.807) is 0 Å². The van der Waals surface area contributed by atoms with Gasteiger partial charge in [0.25, 0.3) is 5.91 Å². The smallest absolute Gasteiger partial charge is 0.338 e. The summed E-state index contributed by atoms with van der Waals surface area (Å²) in [6, 6.07) is 13.1. The number of ether oxygens (including phenoxy) is 1. The molecular formula is C22H25ClN2O5S. The number of hydrogen-bond donors (Lipinski definition) is 1. The second-order valence-electron chi connectivity index (χ2n) is 7.44. The van der Waals surface area contributed by atoms with Crippen molar-refractivity contribution in [2.45, 2.75) is 43.7 Å². The number of carbonyl (C=O) groups excluding carboxylic acids is 2. The van der Waals surface area contributed by atoms with Crippen molar-refractivity contribution in [1.82, 2.24) is 9.62 Å². The molecular weight excluding hydrogens is 440 g/mol. The van der Waals surface area contributed by atoms with Crippen LogP contribution in [0.1, 0.15) is 48.7 Å². The molecule has 2 aromatic rings. The van der Waals surface area contributed by atoms with E-state index in [-0.39, 0.29) is 21.5 Å². The molecule has 0 spiro atoms. The van der Waals surface area contributed by atoms with Gasteiger partial charge in [0.15, 0.2) is 6.10 Å². The second-order valence-corrected chi connectivity index (χ2v) is 9.76. The van der Waals surface area contributed by atoms with E-state index in [2.05, 4.69) is 5.32 Å². The zero-order chi connectivity index (χ0) is 22.6. The maximum absolute atomic E-state index is 12.8. The Hall–Kier alpha value is -2.42. The summed E-state index contributed by atoms with van der Waals surface area (Å²) >= 11 is 6.11. The molecule has 1 fully saturated rings. The van der Waals surface area contributed by atoms with Gasteiger partial charge in [-0.2, -0.15) is 4.31 Å². The summed E-state index contributed by atoms with van der Waals surface area (Å²) in [5.41, 5.74) is 0.932. The van der Waals surface area contributed by atoms with Gasteiger partial charge in [0.2, 0.25) is 10.0 Å². The van der Waals surface area contributed by atoms with Crippen molar-refractivity contribution in [2.24, 2.45) is 0 Å². The van der Waals surface area contributed by atoms with Gasteiger partial charge in [0.1, 0.15) is 4.90 Å². The number of esters is 1. The van der Waals surface area contributed by atoms with Crippen LogP contribution in [0.25, 0.3) is 0 Å². The van der Waals surface area contributed by atoms with Crippen molar-refractivity contribution in [3.05, 3.63) is 64.7 Å². The van der Waals surface area contributed by atoms with E-state index in [1.165, 1.54) is 29.4 Å². The molecule has 31 heavy (non-hydrogen) atoms. The zero-order valence-corrected chi connectivity index (χ0v) is 18.9. The standard InChI is InChI=1S/C22H25ClN2O5S/c1-15(17-8-4-3-5-9-17)24-21(26)16(2)30-22(27)18-10-11-19(23)20(14-18)31(28,29)25-12-6-7-13-25/h3-5,8-11,14-16H,6-7,12-13H2,1-2H3,(H,24,26). The molecule has 0 aliphatic carbocycles. The van der Waals surface area contributed by atoms with Crippen LogP contribution in [0.2, 0.25) is 5.02 Å². The molecule has 2 aromatic carbocycles. The van der Waals surface area contributed by atoms with E-state index in [0.29, 0.717) is 13.1 Å². The zero-order valence-electron chi connectivity index (χ0n) is 17.4. The SMILES string of the molecule is CC(OC(=O)c1ccc(Cl)c(S(=O)(=O)N2CCCC2)c1)C(=O)NC(C)c1ccccc1. The van der Waals surface area contributed by atoms with E-state index in [4.69, 9.17) is 16.3 Å². The Morgan fingerprint density at radius 2 is 1.71 bits per heavy atom. The van der Waals surface area contributed by atoms with Crippen LogP contribution in [-0.2, 0) is 19.6 Å². The van der Waals surface area contributed by atoms with Crippen LogP contribution < -0.4 is 5.32 Å². The van der Waals surface area contributed by atoms with Crippen molar-refractivity contribution in [3.8, 4) is 0 Å². The monoisotopic (exact) mass is 464 g/mol. The Labute approximate surface area is 187 Å². The van der Waals surface area contributed by atoms with E-state index in [0.717, 1.165) is 18.4 Å². The second kappa shape index (κ2) is 9.80. The lowest BCUT2D eigenvalue weighted by atomic mass is 10.1. The van der Waals surface area contributed by atoms with Gasteiger partial charge in [-0.05, 0) is 50.5 Å². The Morgan fingerprint density at radius 1 is 1.06 bits per heavy atom. The topological polar surface area (TPSA) is 92.8 Å². The summed E-state index contributed by atoms with van der Waals surface area (Å²) in [5.74, 6) is -1.26. The number of nitrogens with zero attached hydrogens (tertiary/aromatic N) is 1. The lowest BCUT2D eigenvalue weighted by molar-refractivity contribution is -0.129. The highest BCUT2D eigenvalue weighted by molar-refractivity contribution is 7.89. The van der Waals surface area contributed by atoms with Crippen LogP contribution in [0.15, 0.2) is 53.4 Å². The highest BCUT2D eigenvalue weighted by Crippen LogP contribution is 2.28. The van der Waals surface area contributed by atoms with Gasteiger partial charge in [0.05, 0.1) is 16.6 Å². The molecule has 0 saturated carbocycles. The number of carbonyl (C=O) groups is 2. The number of nitrogens with one attached hydrogen (secondary N) is 1. The number of sulfonamides is 1. The lowest BCUT2D eigenvalue weighted by Gasteiger charge is -2.19. The van der Waals surface area contributed by atoms with Gasteiger partial charge in [0, 0.05) is 13.1 Å². The predicted octanol–water partition coefficient (Wildman–Crippen LogP) is 3.55. The molecule has 9 heteroatoms. The van der Waals surface area contributed by atoms with Gasteiger partial charge in [-0.1, -0.05) is 41.9 Å². The average Bonchev–Trinajstić information content (AvgIpc) is 3.30. The summed E-state index contributed by atoms with van der Waals surface area (Å²) < 4.78 is 32.3. The molecule has 2 atom stereocenters. The van der Waals surface area contributed by atoms with Gasteiger partial charge < -0.3 is 10.1 Å². The van der Waals surface area contributed by atoms with Crippen molar-refractivity contribution >= 4 is 33.5 Å². The Morgan fingerprint density at radius 3 is 2.35 bits per heavy atom. The largest absolute Gasteiger partial charge is 0.449 e. The molecule has 1 amide bonds. The van der Waals surface area contributed by atoms with Crippen LogP contribution in [-0.4, -0.2) is 43.8 Å². The number of benzene rings is 2. The first kappa shape index (κ1) is 23.2. The maximum Gasteiger partial charge on any atom is 0.338 e. The quantitative estimate of drug-likeness (QED) is 0.632. The molecule has 0 aromatic heterocycles. The molecule has 1 N–H and O–H groups in total. The van der Waals surface area contributed by atoms with E-state index < -0.39 is 28.0 Å². The van der Waals surface area contributed by atoms with Crippen LogP contribution in [0.5, 0.6) is 0 Å². The molecule has 7 nitrogen and oxygen atoms in total. The van der Waals surface area contributed by atoms with Crippen LogP contribution in [0.4, 0.5) is 0 Å². The van der Waals surface area contributed by atoms with Crippen molar-refractivity contribution in [2.75, 3.05) is 13.1 Å². The molecule has 0 radical (unpaired) electrons. The normalized spacial score (nSPS) is 16.5. The molecule has 166 valence electrons. The minimum atomic E-state index is -3.80. The van der Waals surface area contributed by atoms with Crippen LogP contribution in [0.3, 0.4) is 0 Å². The third-order valence-electron chi connectivity index (χ3n) is 5.16. The third kappa shape index (κ3) is 5.44. The molecule has 1 aliphatic heterocycles. The van der Waals surface area contributed by atoms with E-state index >= 15 is 0 Å². The number of amides is 1. The summed E-state index contributed by atoms with van der Waals surface area (Å²) in [7, 11) is -3.80. The first-order valence-corrected chi connectivity index (χ1v) is 11.9. The minimum absolute atomic E-state index is 0.0120. The van der Waals surface area contributed by atoms with Crippen molar-refractivity contribution < 1.29 is 22.7 Å². The highest BCUT2D eigenvalue weighted by Gasteiger charge is 2.30.